The van der Waals surface area contributed by atoms with Gasteiger partial charge in [-0.05, 0) is 65.9 Å². The largest absolute Gasteiger partial charge is 0.416 e. The van der Waals surface area contributed by atoms with Gasteiger partial charge in [0.1, 0.15) is 6.33 Å². The van der Waals surface area contributed by atoms with Gasteiger partial charge >= 0.3 is 12.2 Å². The van der Waals surface area contributed by atoms with Crippen LogP contribution in [-0.4, -0.2) is 21.8 Å². The number of fused-ring (bicyclic) bond motifs is 3. The van der Waals surface area contributed by atoms with E-state index in [0.717, 1.165) is 57.2 Å². The predicted molar refractivity (Wildman–Crippen MR) is 147 cm³/mol. The van der Waals surface area contributed by atoms with Crippen molar-refractivity contribution in [2.75, 3.05) is 5.32 Å². The molecule has 38 heavy (non-hydrogen) atoms. The number of amides is 2. The average Bonchev–Trinajstić information content (AvgIpc) is 3.33. The lowest BCUT2D eigenvalue weighted by Crippen LogP contribution is -2.22. The molecule has 0 bridgehead atoms. The highest BCUT2D eigenvalue weighted by atomic mass is 35.5. The number of aromatic nitrogens is 2. The molecule has 4 aromatic carbocycles. The van der Waals surface area contributed by atoms with Gasteiger partial charge in [-0.2, -0.15) is 13.2 Å². The van der Waals surface area contributed by atoms with E-state index in [4.69, 9.17) is 11.6 Å². The quantitative estimate of drug-likeness (QED) is 0.171. The molecule has 0 atom stereocenters. The average molecular weight is 554 g/mol. The second-order valence-electron chi connectivity index (χ2n) is 8.39. The first-order chi connectivity index (χ1) is 18.2. The smallest absolute Gasteiger partial charge is 0.306 e. The number of benzene rings is 4. The van der Waals surface area contributed by atoms with Crippen molar-refractivity contribution in [2.24, 2.45) is 4.40 Å². The summed E-state index contributed by atoms with van der Waals surface area (Å²) in [7, 11) is 0. The van der Waals surface area contributed by atoms with Crippen LogP contribution in [0.5, 0.6) is 0 Å². The van der Waals surface area contributed by atoms with Crippen LogP contribution in [0, 0.1) is 6.92 Å². The summed E-state index contributed by atoms with van der Waals surface area (Å²) in [6, 6.07) is 19.4. The van der Waals surface area contributed by atoms with Crippen LogP contribution >= 0.6 is 23.7 Å². The van der Waals surface area contributed by atoms with E-state index in [1.54, 1.807) is 29.2 Å². The molecule has 192 valence electrons. The number of hydrogen-bond donors (Lipinski definition) is 2. The Bertz CT molecular complexity index is 1660. The lowest BCUT2D eigenvalue weighted by Gasteiger charge is -2.09. The molecule has 2 amide bonds. The number of rotatable bonds is 5. The molecule has 0 aliphatic rings. The van der Waals surface area contributed by atoms with Crippen LogP contribution < -0.4 is 10.0 Å². The third kappa shape index (κ3) is 5.32. The Kier molecular flexibility index (Phi) is 7.00. The fraction of sp³-hybridized carbons (Fsp3) is 0.0741. The SMILES string of the molecule is Cc1cccc(Cl)c1NC(=O)NSN=Cc1ccc2c(ccc3c2ncn3-c2ccc(C(F)(F)F)cc2)c1. The van der Waals surface area contributed by atoms with Crippen molar-refractivity contribution in [3.8, 4) is 5.69 Å². The van der Waals surface area contributed by atoms with Gasteiger partial charge < -0.3 is 5.32 Å². The molecule has 1 heterocycles. The molecule has 6 nitrogen and oxygen atoms in total. The van der Waals surface area contributed by atoms with Crippen molar-refractivity contribution in [3.63, 3.8) is 0 Å². The summed E-state index contributed by atoms with van der Waals surface area (Å²) in [6.45, 7) is 1.85. The van der Waals surface area contributed by atoms with Crippen LogP contribution in [-0.2, 0) is 6.18 Å². The monoisotopic (exact) mass is 553 g/mol. The van der Waals surface area contributed by atoms with Gasteiger partial charge in [-0.15, -0.1) is 0 Å². The summed E-state index contributed by atoms with van der Waals surface area (Å²) >= 11 is 7.01. The Labute approximate surface area is 224 Å². The maximum atomic E-state index is 12.9. The van der Waals surface area contributed by atoms with Gasteiger partial charge in [0.15, 0.2) is 0 Å². The Morgan fingerprint density at radius 1 is 1.08 bits per heavy atom. The van der Waals surface area contributed by atoms with E-state index in [1.807, 2.05) is 43.3 Å². The summed E-state index contributed by atoms with van der Waals surface area (Å²) in [4.78, 5) is 16.7. The van der Waals surface area contributed by atoms with Gasteiger partial charge in [0.2, 0.25) is 0 Å². The summed E-state index contributed by atoms with van der Waals surface area (Å²) in [5.74, 6) is 0. The fourth-order valence-electron chi connectivity index (χ4n) is 4.01. The number of anilines is 1. The first-order valence-electron chi connectivity index (χ1n) is 11.3. The van der Waals surface area contributed by atoms with E-state index >= 15 is 0 Å². The van der Waals surface area contributed by atoms with Crippen molar-refractivity contribution in [2.45, 2.75) is 13.1 Å². The number of aryl methyl sites for hydroxylation is 1. The molecule has 0 unspecified atom stereocenters. The normalized spacial score (nSPS) is 11.9. The Morgan fingerprint density at radius 3 is 2.61 bits per heavy atom. The van der Waals surface area contributed by atoms with Crippen LogP contribution in [0.25, 0.3) is 27.5 Å². The number of carbonyl (C=O) groups is 1. The molecule has 0 aliphatic heterocycles. The summed E-state index contributed by atoms with van der Waals surface area (Å²) in [6.07, 6.45) is -1.17. The summed E-state index contributed by atoms with van der Waals surface area (Å²) in [5, 5.41) is 4.97. The number of urea groups is 1. The van der Waals surface area contributed by atoms with Crippen molar-refractivity contribution < 1.29 is 18.0 Å². The van der Waals surface area contributed by atoms with Crippen LogP contribution in [0.3, 0.4) is 0 Å². The standard InChI is InChI=1S/C27H19ClF3N5OS/c1-16-3-2-4-22(28)24(16)34-26(37)35-38-33-14-17-5-11-21-18(13-17)6-12-23-25(21)32-15-36(23)20-9-7-19(8-10-20)27(29,30)31/h2-15H,1H3,(H2,34,35,37). The minimum absolute atomic E-state index is 0.447. The van der Waals surface area contributed by atoms with Gasteiger partial charge in [-0.3, -0.25) is 9.29 Å². The zero-order chi connectivity index (χ0) is 26.9. The minimum atomic E-state index is -4.39. The van der Waals surface area contributed by atoms with Crippen LogP contribution in [0.1, 0.15) is 16.7 Å². The molecule has 5 aromatic rings. The second kappa shape index (κ2) is 10.4. The van der Waals surface area contributed by atoms with Gasteiger partial charge in [-0.25, -0.2) is 14.2 Å². The number of alkyl halides is 3. The topological polar surface area (TPSA) is 71.3 Å². The van der Waals surface area contributed by atoms with Gasteiger partial charge in [0, 0.05) is 17.3 Å². The summed E-state index contributed by atoms with van der Waals surface area (Å²) in [5.41, 5.74) is 3.59. The van der Waals surface area contributed by atoms with E-state index in [1.165, 1.54) is 12.1 Å². The molecule has 0 aliphatic carbocycles. The third-order valence-corrected chi connectivity index (χ3v) is 6.68. The van der Waals surface area contributed by atoms with Crippen molar-refractivity contribution in [3.05, 3.63) is 101 Å². The van der Waals surface area contributed by atoms with Crippen molar-refractivity contribution in [1.29, 1.82) is 0 Å². The number of nitrogens with one attached hydrogen (secondary N) is 2. The third-order valence-electron chi connectivity index (χ3n) is 5.88. The molecule has 0 saturated carbocycles. The number of carbonyl (C=O) groups excluding carboxylic acids is 1. The second-order valence-corrected chi connectivity index (χ2v) is 9.39. The minimum Gasteiger partial charge on any atom is -0.306 e. The molecule has 5 rings (SSSR count). The van der Waals surface area contributed by atoms with Crippen molar-refractivity contribution >= 4 is 63.5 Å². The van der Waals surface area contributed by atoms with Gasteiger partial charge in [-0.1, -0.05) is 41.9 Å². The van der Waals surface area contributed by atoms with Crippen LogP contribution in [0.15, 0.2) is 83.5 Å². The molecule has 0 radical (unpaired) electrons. The van der Waals surface area contributed by atoms with Crippen LogP contribution in [0.4, 0.5) is 23.7 Å². The number of nitrogens with zero attached hydrogens (tertiary/aromatic N) is 3. The molecule has 0 fully saturated rings. The van der Waals surface area contributed by atoms with E-state index in [0.29, 0.717) is 16.4 Å². The first-order valence-corrected chi connectivity index (χ1v) is 12.4. The molecule has 11 heteroatoms. The Hall–Kier alpha value is -4.02. The van der Waals surface area contributed by atoms with E-state index in [-0.39, 0.29) is 0 Å². The maximum absolute atomic E-state index is 12.9. The molecule has 1 aromatic heterocycles. The predicted octanol–water partition coefficient (Wildman–Crippen LogP) is 7.96. The van der Waals surface area contributed by atoms with E-state index in [2.05, 4.69) is 19.4 Å². The molecule has 0 saturated heterocycles. The number of halogens is 4. The first kappa shape index (κ1) is 25.6. The molecule has 0 spiro atoms. The Balaban J connectivity index is 1.29. The maximum Gasteiger partial charge on any atom is 0.416 e. The summed E-state index contributed by atoms with van der Waals surface area (Å²) < 4.78 is 47.2. The van der Waals surface area contributed by atoms with Crippen LogP contribution in [0.2, 0.25) is 5.02 Å². The molecular weight excluding hydrogens is 535 g/mol. The van der Waals surface area contributed by atoms with E-state index < -0.39 is 17.8 Å². The number of para-hydroxylation sites is 1. The lowest BCUT2D eigenvalue weighted by molar-refractivity contribution is -0.137. The Morgan fingerprint density at radius 2 is 1.87 bits per heavy atom. The fourth-order valence-corrected chi connectivity index (χ4v) is 4.64. The lowest BCUT2D eigenvalue weighted by atomic mass is 10.1. The zero-order valence-electron chi connectivity index (χ0n) is 19.8. The highest BCUT2D eigenvalue weighted by molar-refractivity contribution is 7.96. The van der Waals surface area contributed by atoms with Crippen molar-refractivity contribution in [1.82, 2.24) is 14.3 Å². The highest BCUT2D eigenvalue weighted by Crippen LogP contribution is 2.31. The number of hydrogen-bond acceptors (Lipinski definition) is 4. The van der Waals surface area contributed by atoms with Gasteiger partial charge in [0.25, 0.3) is 0 Å². The zero-order valence-corrected chi connectivity index (χ0v) is 21.3. The molecular formula is C27H19ClF3N5OS. The molecule has 2 N–H and O–H groups in total. The van der Waals surface area contributed by atoms with E-state index in [9.17, 15) is 18.0 Å². The highest BCUT2D eigenvalue weighted by Gasteiger charge is 2.30. The number of imidazole rings is 1. The van der Waals surface area contributed by atoms with Gasteiger partial charge in [0.05, 0.1) is 39.4 Å².